The van der Waals surface area contributed by atoms with Crippen LogP contribution in [0.2, 0.25) is 0 Å². The zero-order chi connectivity index (χ0) is 17.0. The number of hydrogen-bond acceptors (Lipinski definition) is 2. The van der Waals surface area contributed by atoms with Crippen LogP contribution < -0.4 is 5.32 Å². The number of carbonyl (C=O) groups is 1. The molecule has 23 heavy (non-hydrogen) atoms. The maximum absolute atomic E-state index is 12.8. The molecular weight excluding hydrogens is 323 g/mol. The van der Waals surface area contributed by atoms with Crippen LogP contribution in [0.4, 0.5) is 13.2 Å². The van der Waals surface area contributed by atoms with Crippen LogP contribution in [0.15, 0.2) is 29.2 Å². The molecule has 1 fully saturated rings. The zero-order valence-electron chi connectivity index (χ0n) is 13.3. The second-order valence-electron chi connectivity index (χ2n) is 6.18. The van der Waals surface area contributed by atoms with Gasteiger partial charge in [-0.25, -0.2) is 0 Å². The first-order valence-corrected chi connectivity index (χ1v) is 8.74. The normalized spacial score (nSPS) is 23.3. The van der Waals surface area contributed by atoms with Gasteiger partial charge in [0.05, 0.1) is 11.2 Å². The van der Waals surface area contributed by atoms with Crippen LogP contribution in [0.1, 0.15) is 38.2 Å². The smallest absolute Gasteiger partial charge is 0.352 e. The van der Waals surface area contributed by atoms with Crippen molar-refractivity contribution >= 4 is 17.7 Å². The molecule has 1 aliphatic rings. The highest BCUT2D eigenvalue weighted by Gasteiger charge is 2.42. The molecule has 0 aliphatic heterocycles. The number of hydrogen-bond donors (Lipinski definition) is 1. The molecule has 3 unspecified atom stereocenters. The number of alkyl halides is 3. The first-order valence-electron chi connectivity index (χ1n) is 7.86. The minimum absolute atomic E-state index is 0.00282. The second kappa shape index (κ2) is 7.60. The Morgan fingerprint density at radius 2 is 1.91 bits per heavy atom. The van der Waals surface area contributed by atoms with Crippen molar-refractivity contribution in [3.05, 3.63) is 29.8 Å². The van der Waals surface area contributed by atoms with Crippen LogP contribution in [0, 0.1) is 12.8 Å². The minimum atomic E-state index is -4.16. The van der Waals surface area contributed by atoms with Crippen molar-refractivity contribution in [3.8, 4) is 0 Å². The summed E-state index contributed by atoms with van der Waals surface area (Å²) in [5.74, 6) is -1.48. The van der Waals surface area contributed by atoms with E-state index in [1.165, 1.54) is 11.8 Å². The Hall–Kier alpha value is -1.17. The van der Waals surface area contributed by atoms with E-state index in [1.54, 1.807) is 6.92 Å². The van der Waals surface area contributed by atoms with Gasteiger partial charge in [0.25, 0.3) is 0 Å². The van der Waals surface area contributed by atoms with E-state index in [-0.39, 0.29) is 30.0 Å². The van der Waals surface area contributed by atoms with Gasteiger partial charge in [-0.05, 0) is 45.2 Å². The average Bonchev–Trinajstić information content (AvgIpc) is 2.49. The second-order valence-corrected chi connectivity index (χ2v) is 7.60. The maximum atomic E-state index is 12.8. The summed E-state index contributed by atoms with van der Waals surface area (Å²) in [7, 11) is 0. The lowest BCUT2D eigenvalue weighted by Crippen LogP contribution is -2.44. The van der Waals surface area contributed by atoms with Crippen LogP contribution >= 0.6 is 11.8 Å². The van der Waals surface area contributed by atoms with Gasteiger partial charge < -0.3 is 5.32 Å². The first kappa shape index (κ1) is 18.2. The quantitative estimate of drug-likeness (QED) is 0.801. The molecule has 0 radical (unpaired) electrons. The third-order valence-corrected chi connectivity index (χ3v) is 5.30. The molecule has 1 aliphatic carbocycles. The Labute approximate surface area is 139 Å². The molecule has 1 aromatic carbocycles. The molecule has 0 spiro atoms. The van der Waals surface area contributed by atoms with Gasteiger partial charge in [0.2, 0.25) is 5.91 Å². The van der Waals surface area contributed by atoms with E-state index >= 15 is 0 Å². The number of thioether (sulfide) groups is 1. The number of benzene rings is 1. The summed E-state index contributed by atoms with van der Waals surface area (Å²) in [5, 5.41) is 2.46. The lowest BCUT2D eigenvalue weighted by Gasteiger charge is -2.31. The Bertz CT molecular complexity index is 530. The standard InChI is InChI=1S/C17H22F3NOS/c1-11-6-8-15(9-7-11)23-12(2)16(22)21-14-5-3-4-13(10-14)17(18,19)20/h6-9,12-14H,3-5,10H2,1-2H3,(H,21,22). The lowest BCUT2D eigenvalue weighted by atomic mass is 9.85. The van der Waals surface area contributed by atoms with Crippen LogP contribution in [-0.2, 0) is 4.79 Å². The number of nitrogens with one attached hydrogen (secondary N) is 1. The predicted molar refractivity (Wildman–Crippen MR) is 86.4 cm³/mol. The molecule has 0 aromatic heterocycles. The van der Waals surface area contributed by atoms with Gasteiger partial charge in [-0.2, -0.15) is 13.2 Å². The lowest BCUT2D eigenvalue weighted by molar-refractivity contribution is -0.184. The molecule has 0 saturated heterocycles. The SMILES string of the molecule is Cc1ccc(SC(C)C(=O)NC2CCCC(C(F)(F)F)C2)cc1. The number of rotatable bonds is 4. The Balaban J connectivity index is 1.86. The molecule has 1 saturated carbocycles. The molecule has 6 heteroatoms. The van der Waals surface area contributed by atoms with Crippen molar-refractivity contribution < 1.29 is 18.0 Å². The number of amides is 1. The number of carbonyl (C=O) groups excluding carboxylic acids is 1. The van der Waals surface area contributed by atoms with E-state index in [4.69, 9.17) is 0 Å². The van der Waals surface area contributed by atoms with Gasteiger partial charge >= 0.3 is 6.18 Å². The van der Waals surface area contributed by atoms with Crippen molar-refractivity contribution in [1.29, 1.82) is 0 Å². The molecule has 2 nitrogen and oxygen atoms in total. The highest BCUT2D eigenvalue weighted by atomic mass is 32.2. The van der Waals surface area contributed by atoms with E-state index in [0.29, 0.717) is 12.8 Å². The van der Waals surface area contributed by atoms with E-state index in [0.717, 1.165) is 10.5 Å². The summed E-state index contributed by atoms with van der Waals surface area (Å²) in [6, 6.07) is 7.47. The molecule has 1 N–H and O–H groups in total. The summed E-state index contributed by atoms with van der Waals surface area (Å²) in [6.07, 6.45) is -2.86. The van der Waals surface area contributed by atoms with Crippen LogP contribution in [0.5, 0.6) is 0 Å². The van der Waals surface area contributed by atoms with E-state index in [2.05, 4.69) is 5.32 Å². The molecule has 128 valence electrons. The van der Waals surface area contributed by atoms with Gasteiger partial charge in [0.1, 0.15) is 0 Å². The molecule has 1 amide bonds. The molecule has 0 bridgehead atoms. The minimum Gasteiger partial charge on any atom is -0.352 e. The highest BCUT2D eigenvalue weighted by Crippen LogP contribution is 2.37. The van der Waals surface area contributed by atoms with Crippen molar-refractivity contribution in [2.45, 2.75) is 61.9 Å². The highest BCUT2D eigenvalue weighted by molar-refractivity contribution is 8.00. The fourth-order valence-corrected chi connectivity index (χ4v) is 3.69. The van der Waals surface area contributed by atoms with Crippen LogP contribution in [0.3, 0.4) is 0 Å². The topological polar surface area (TPSA) is 29.1 Å². The Kier molecular flexibility index (Phi) is 6.00. The third-order valence-electron chi connectivity index (χ3n) is 4.19. The van der Waals surface area contributed by atoms with E-state index < -0.39 is 12.1 Å². The fourth-order valence-electron chi connectivity index (χ4n) is 2.81. The van der Waals surface area contributed by atoms with Crippen molar-refractivity contribution in [3.63, 3.8) is 0 Å². The van der Waals surface area contributed by atoms with Gasteiger partial charge in [0.15, 0.2) is 0 Å². The van der Waals surface area contributed by atoms with Crippen molar-refractivity contribution in [2.24, 2.45) is 5.92 Å². The zero-order valence-corrected chi connectivity index (χ0v) is 14.1. The van der Waals surface area contributed by atoms with E-state index in [9.17, 15) is 18.0 Å². The first-order chi connectivity index (χ1) is 10.8. The van der Waals surface area contributed by atoms with Crippen LogP contribution in [-0.4, -0.2) is 23.4 Å². The fraction of sp³-hybridized carbons (Fsp3) is 0.588. The van der Waals surface area contributed by atoms with Crippen LogP contribution in [0.25, 0.3) is 0 Å². The molecule has 0 heterocycles. The molecule has 2 rings (SSSR count). The van der Waals surface area contributed by atoms with E-state index in [1.807, 2.05) is 31.2 Å². The molecular formula is C17H22F3NOS. The Morgan fingerprint density at radius 1 is 1.26 bits per heavy atom. The largest absolute Gasteiger partial charge is 0.391 e. The summed E-state index contributed by atoms with van der Waals surface area (Å²) in [5.41, 5.74) is 1.15. The molecule has 1 aromatic rings. The van der Waals surface area contributed by atoms with Crippen molar-refractivity contribution in [1.82, 2.24) is 5.32 Å². The third kappa shape index (κ3) is 5.44. The maximum Gasteiger partial charge on any atom is 0.391 e. The van der Waals surface area contributed by atoms with Gasteiger partial charge in [-0.1, -0.05) is 24.1 Å². The van der Waals surface area contributed by atoms with Crippen molar-refractivity contribution in [2.75, 3.05) is 0 Å². The van der Waals surface area contributed by atoms with Gasteiger partial charge in [0, 0.05) is 10.9 Å². The average molecular weight is 345 g/mol. The van der Waals surface area contributed by atoms with Gasteiger partial charge in [-0.15, -0.1) is 11.8 Å². The predicted octanol–water partition coefficient (Wildman–Crippen LogP) is 4.71. The molecule has 3 atom stereocenters. The monoisotopic (exact) mass is 345 g/mol. The van der Waals surface area contributed by atoms with Gasteiger partial charge in [-0.3, -0.25) is 4.79 Å². The summed E-state index contributed by atoms with van der Waals surface area (Å²) in [4.78, 5) is 13.2. The summed E-state index contributed by atoms with van der Waals surface area (Å²) < 4.78 is 38.4. The summed E-state index contributed by atoms with van der Waals surface area (Å²) in [6.45, 7) is 3.77. The number of halogens is 3. The Morgan fingerprint density at radius 3 is 2.52 bits per heavy atom. The number of aryl methyl sites for hydroxylation is 1. The summed E-state index contributed by atoms with van der Waals surface area (Å²) >= 11 is 1.42.